The van der Waals surface area contributed by atoms with Crippen LogP contribution < -0.4 is 15.8 Å². The van der Waals surface area contributed by atoms with Crippen molar-refractivity contribution in [1.82, 2.24) is 9.97 Å². The first-order valence-electron chi connectivity index (χ1n) is 6.32. The molecule has 3 N–H and O–H groups in total. The Morgan fingerprint density at radius 1 is 1.50 bits per heavy atom. The molecule has 1 aromatic rings. The Balaban J connectivity index is 1.80. The zero-order valence-corrected chi connectivity index (χ0v) is 10.7. The second kappa shape index (κ2) is 6.39. The Morgan fingerprint density at radius 3 is 3.11 bits per heavy atom. The molecular formula is C12H20N4O2. The van der Waals surface area contributed by atoms with Crippen molar-refractivity contribution < 1.29 is 9.47 Å². The largest absolute Gasteiger partial charge is 0.481 e. The Bertz CT molecular complexity index is 380. The van der Waals surface area contributed by atoms with Crippen LogP contribution in [0, 0.1) is 0 Å². The molecule has 0 saturated carbocycles. The highest BCUT2D eigenvalue weighted by Gasteiger charge is 2.13. The number of rotatable bonds is 5. The molecular weight excluding hydrogens is 232 g/mol. The van der Waals surface area contributed by atoms with Crippen LogP contribution >= 0.6 is 0 Å². The molecule has 100 valence electrons. The highest BCUT2D eigenvalue weighted by Crippen LogP contribution is 2.17. The second-order valence-corrected chi connectivity index (χ2v) is 4.36. The van der Waals surface area contributed by atoms with Gasteiger partial charge in [-0.2, -0.15) is 9.97 Å². The van der Waals surface area contributed by atoms with Gasteiger partial charge in [0.05, 0.1) is 13.2 Å². The fourth-order valence-electron chi connectivity index (χ4n) is 2.03. The molecule has 1 atom stereocenters. The van der Waals surface area contributed by atoms with Crippen LogP contribution in [0.15, 0.2) is 6.07 Å². The van der Waals surface area contributed by atoms with Crippen molar-refractivity contribution in [2.45, 2.75) is 31.8 Å². The number of methoxy groups -OCH3 is 1. The molecule has 1 aliphatic rings. The monoisotopic (exact) mass is 252 g/mol. The molecule has 2 rings (SSSR count). The smallest absolute Gasteiger partial charge is 0.225 e. The van der Waals surface area contributed by atoms with Gasteiger partial charge in [-0.05, 0) is 25.7 Å². The summed E-state index contributed by atoms with van der Waals surface area (Å²) in [6, 6.07) is 1.73. The van der Waals surface area contributed by atoms with E-state index >= 15 is 0 Å². The zero-order chi connectivity index (χ0) is 12.8. The number of hydrogen-bond donors (Lipinski definition) is 2. The zero-order valence-electron chi connectivity index (χ0n) is 10.7. The highest BCUT2D eigenvalue weighted by molar-refractivity contribution is 5.42. The molecule has 18 heavy (non-hydrogen) atoms. The fourth-order valence-corrected chi connectivity index (χ4v) is 2.03. The average Bonchev–Trinajstić information content (AvgIpc) is 2.39. The van der Waals surface area contributed by atoms with Gasteiger partial charge in [0.1, 0.15) is 5.82 Å². The number of nitrogen functional groups attached to an aromatic ring is 1. The number of nitrogens with two attached hydrogens (primary N) is 1. The van der Waals surface area contributed by atoms with Gasteiger partial charge in [0, 0.05) is 19.2 Å². The summed E-state index contributed by atoms with van der Waals surface area (Å²) in [6.45, 7) is 1.70. The van der Waals surface area contributed by atoms with E-state index in [9.17, 15) is 0 Å². The van der Waals surface area contributed by atoms with Gasteiger partial charge in [0.15, 0.2) is 0 Å². The minimum atomic E-state index is 0.214. The van der Waals surface area contributed by atoms with Crippen molar-refractivity contribution in [3.05, 3.63) is 6.07 Å². The molecule has 1 unspecified atom stereocenters. The molecule has 1 fully saturated rings. The van der Waals surface area contributed by atoms with Crippen molar-refractivity contribution in [3.8, 4) is 5.88 Å². The summed E-state index contributed by atoms with van der Waals surface area (Å²) in [5.41, 5.74) is 5.58. The lowest BCUT2D eigenvalue weighted by atomic mass is 10.1. The van der Waals surface area contributed by atoms with Crippen LogP contribution in [0.4, 0.5) is 11.8 Å². The second-order valence-electron chi connectivity index (χ2n) is 4.36. The summed E-state index contributed by atoms with van der Waals surface area (Å²) in [6.07, 6.45) is 4.94. The molecule has 0 aliphatic carbocycles. The van der Waals surface area contributed by atoms with Crippen molar-refractivity contribution >= 4 is 11.8 Å². The summed E-state index contributed by atoms with van der Waals surface area (Å²) >= 11 is 0. The first-order chi connectivity index (χ1) is 8.78. The van der Waals surface area contributed by atoms with E-state index in [2.05, 4.69) is 15.3 Å². The molecule has 1 saturated heterocycles. The van der Waals surface area contributed by atoms with Crippen LogP contribution in [0.25, 0.3) is 0 Å². The van der Waals surface area contributed by atoms with Gasteiger partial charge in [0.25, 0.3) is 0 Å². The van der Waals surface area contributed by atoms with E-state index in [1.165, 1.54) is 12.8 Å². The van der Waals surface area contributed by atoms with Crippen LogP contribution in [0.2, 0.25) is 0 Å². The Labute approximate surface area is 107 Å². The molecule has 0 amide bonds. The predicted molar refractivity (Wildman–Crippen MR) is 69.7 cm³/mol. The number of anilines is 2. The van der Waals surface area contributed by atoms with E-state index < -0.39 is 0 Å². The molecule has 1 aliphatic heterocycles. The standard InChI is InChI=1S/C12H20N4O2/c1-17-11-8-10(15-12(13)16-11)14-6-5-9-4-2-3-7-18-9/h8-9H,2-7H2,1H3,(H3,13,14,15,16). The maximum Gasteiger partial charge on any atom is 0.225 e. The van der Waals surface area contributed by atoms with Crippen molar-refractivity contribution in [2.75, 3.05) is 31.3 Å². The minimum Gasteiger partial charge on any atom is -0.481 e. The Morgan fingerprint density at radius 2 is 2.39 bits per heavy atom. The number of hydrogen-bond acceptors (Lipinski definition) is 6. The SMILES string of the molecule is COc1cc(NCCC2CCCCO2)nc(N)n1. The van der Waals surface area contributed by atoms with E-state index in [-0.39, 0.29) is 5.95 Å². The lowest BCUT2D eigenvalue weighted by Gasteiger charge is -2.22. The van der Waals surface area contributed by atoms with Crippen LogP contribution in [-0.2, 0) is 4.74 Å². The number of ether oxygens (including phenoxy) is 2. The van der Waals surface area contributed by atoms with E-state index in [1.807, 2.05) is 0 Å². The third-order valence-corrected chi connectivity index (χ3v) is 2.98. The predicted octanol–water partition coefficient (Wildman–Crippen LogP) is 1.44. The van der Waals surface area contributed by atoms with Gasteiger partial charge in [-0.1, -0.05) is 0 Å². The van der Waals surface area contributed by atoms with Gasteiger partial charge in [-0.3, -0.25) is 0 Å². The van der Waals surface area contributed by atoms with Gasteiger partial charge in [-0.15, -0.1) is 0 Å². The maximum absolute atomic E-state index is 5.66. The molecule has 0 spiro atoms. The first-order valence-corrected chi connectivity index (χ1v) is 6.32. The molecule has 0 aromatic carbocycles. The molecule has 0 radical (unpaired) electrons. The molecule has 1 aromatic heterocycles. The maximum atomic E-state index is 5.66. The van der Waals surface area contributed by atoms with E-state index in [0.717, 1.165) is 26.0 Å². The fraction of sp³-hybridized carbons (Fsp3) is 0.667. The molecule has 2 heterocycles. The van der Waals surface area contributed by atoms with Gasteiger partial charge in [-0.25, -0.2) is 0 Å². The highest BCUT2D eigenvalue weighted by atomic mass is 16.5. The third-order valence-electron chi connectivity index (χ3n) is 2.98. The van der Waals surface area contributed by atoms with Gasteiger partial charge in [0.2, 0.25) is 11.8 Å². The van der Waals surface area contributed by atoms with E-state index in [4.69, 9.17) is 15.2 Å². The normalized spacial score (nSPS) is 19.5. The summed E-state index contributed by atoms with van der Waals surface area (Å²) in [5.74, 6) is 1.37. The lowest BCUT2D eigenvalue weighted by Crippen LogP contribution is -2.22. The van der Waals surface area contributed by atoms with Crippen molar-refractivity contribution in [3.63, 3.8) is 0 Å². The van der Waals surface area contributed by atoms with E-state index in [0.29, 0.717) is 17.8 Å². The third kappa shape index (κ3) is 3.73. The number of nitrogens with zero attached hydrogens (tertiary/aromatic N) is 2. The summed E-state index contributed by atoms with van der Waals surface area (Å²) in [4.78, 5) is 8.03. The van der Waals surface area contributed by atoms with E-state index in [1.54, 1.807) is 13.2 Å². The summed E-state index contributed by atoms with van der Waals surface area (Å²) < 4.78 is 10.7. The minimum absolute atomic E-state index is 0.214. The lowest BCUT2D eigenvalue weighted by molar-refractivity contribution is 0.0134. The summed E-state index contributed by atoms with van der Waals surface area (Å²) in [7, 11) is 1.56. The first kappa shape index (κ1) is 12.9. The summed E-state index contributed by atoms with van der Waals surface area (Å²) in [5, 5.41) is 3.22. The van der Waals surface area contributed by atoms with Crippen LogP contribution in [0.5, 0.6) is 5.88 Å². The van der Waals surface area contributed by atoms with Crippen LogP contribution in [0.1, 0.15) is 25.7 Å². The Hall–Kier alpha value is -1.56. The topological polar surface area (TPSA) is 82.3 Å². The number of aromatic nitrogens is 2. The Kier molecular flexibility index (Phi) is 4.58. The van der Waals surface area contributed by atoms with Gasteiger partial charge >= 0.3 is 0 Å². The van der Waals surface area contributed by atoms with Crippen LogP contribution in [0.3, 0.4) is 0 Å². The van der Waals surface area contributed by atoms with Crippen LogP contribution in [-0.4, -0.2) is 36.3 Å². The molecule has 0 bridgehead atoms. The van der Waals surface area contributed by atoms with Gasteiger partial charge < -0.3 is 20.5 Å². The van der Waals surface area contributed by atoms with Crippen molar-refractivity contribution in [1.29, 1.82) is 0 Å². The average molecular weight is 252 g/mol. The quantitative estimate of drug-likeness (QED) is 0.825. The molecule has 6 nitrogen and oxygen atoms in total. The van der Waals surface area contributed by atoms with Crippen molar-refractivity contribution in [2.24, 2.45) is 0 Å². The molecule has 6 heteroatoms. The number of nitrogens with one attached hydrogen (secondary N) is 1.